The van der Waals surface area contributed by atoms with Crippen molar-refractivity contribution in [1.29, 1.82) is 0 Å². The van der Waals surface area contributed by atoms with Gasteiger partial charge in [0.25, 0.3) is 0 Å². The highest BCUT2D eigenvalue weighted by atomic mass is 32.2. The highest BCUT2D eigenvalue weighted by molar-refractivity contribution is 7.91. The van der Waals surface area contributed by atoms with E-state index in [1.807, 2.05) is 25.1 Å². The fourth-order valence-electron chi connectivity index (χ4n) is 2.21. The Morgan fingerprint density at radius 2 is 2.05 bits per heavy atom. The van der Waals surface area contributed by atoms with Crippen LogP contribution in [0.5, 0.6) is 5.75 Å². The molecule has 1 saturated heterocycles. The lowest BCUT2D eigenvalue weighted by molar-refractivity contribution is 0.342. The zero-order chi connectivity index (χ0) is 13.9. The number of benzene rings is 1. The Hall–Kier alpha value is -1.43. The molecular formula is C13H20N2O3S. The zero-order valence-corrected chi connectivity index (χ0v) is 11.9. The number of sulfone groups is 1. The Kier molecular flexibility index (Phi) is 4.19. The minimum atomic E-state index is -2.83. The summed E-state index contributed by atoms with van der Waals surface area (Å²) >= 11 is 0. The van der Waals surface area contributed by atoms with E-state index < -0.39 is 9.84 Å². The lowest BCUT2D eigenvalue weighted by Crippen LogP contribution is -2.32. The van der Waals surface area contributed by atoms with E-state index in [2.05, 4.69) is 5.32 Å². The van der Waals surface area contributed by atoms with Crippen LogP contribution in [0.25, 0.3) is 0 Å². The van der Waals surface area contributed by atoms with Gasteiger partial charge in [-0.05, 0) is 31.9 Å². The first kappa shape index (κ1) is 14.0. The molecule has 0 aliphatic carbocycles. The van der Waals surface area contributed by atoms with Crippen molar-refractivity contribution in [2.24, 2.45) is 0 Å². The van der Waals surface area contributed by atoms with Crippen LogP contribution in [0, 0.1) is 0 Å². The van der Waals surface area contributed by atoms with Crippen molar-refractivity contribution in [3.8, 4) is 5.75 Å². The van der Waals surface area contributed by atoms with E-state index in [0.29, 0.717) is 30.9 Å². The first-order valence-electron chi connectivity index (χ1n) is 6.50. The van der Waals surface area contributed by atoms with Crippen LogP contribution in [0.3, 0.4) is 0 Å². The van der Waals surface area contributed by atoms with Crippen molar-refractivity contribution >= 4 is 21.2 Å². The Bertz CT molecular complexity index is 529. The smallest absolute Gasteiger partial charge is 0.150 e. The summed E-state index contributed by atoms with van der Waals surface area (Å²) in [7, 11) is -2.83. The van der Waals surface area contributed by atoms with Crippen molar-refractivity contribution in [2.45, 2.75) is 25.8 Å². The molecule has 0 atom stereocenters. The number of hydrogen-bond acceptors (Lipinski definition) is 5. The normalized spacial score (nSPS) is 19.0. The molecule has 1 heterocycles. The molecule has 0 amide bonds. The number of ether oxygens (including phenoxy) is 1. The van der Waals surface area contributed by atoms with Crippen LogP contribution >= 0.6 is 0 Å². The molecule has 6 heteroatoms. The summed E-state index contributed by atoms with van der Waals surface area (Å²) in [5, 5.41) is 3.32. The Morgan fingerprint density at radius 1 is 1.37 bits per heavy atom. The van der Waals surface area contributed by atoms with Crippen molar-refractivity contribution in [1.82, 2.24) is 0 Å². The van der Waals surface area contributed by atoms with E-state index in [0.717, 1.165) is 5.69 Å². The second-order valence-corrected chi connectivity index (χ2v) is 7.02. The molecule has 0 spiro atoms. The van der Waals surface area contributed by atoms with E-state index in [1.165, 1.54) is 0 Å². The van der Waals surface area contributed by atoms with Gasteiger partial charge in [0.15, 0.2) is 0 Å². The third kappa shape index (κ3) is 3.53. The molecule has 5 nitrogen and oxygen atoms in total. The minimum Gasteiger partial charge on any atom is -0.492 e. The fourth-order valence-corrected chi connectivity index (χ4v) is 3.70. The molecule has 1 aliphatic heterocycles. The van der Waals surface area contributed by atoms with Gasteiger partial charge in [-0.15, -0.1) is 0 Å². The number of nitrogens with one attached hydrogen (secondary N) is 1. The fraction of sp³-hybridized carbons (Fsp3) is 0.538. The standard InChI is InChI=1S/C13H20N2O3S/c1-2-18-12-5-3-4-11(13(12)14)15-10-6-8-19(16,17)9-7-10/h3-5,10,15H,2,6-9,14H2,1H3. The van der Waals surface area contributed by atoms with Gasteiger partial charge in [-0.2, -0.15) is 0 Å². The molecule has 3 N–H and O–H groups in total. The second kappa shape index (κ2) is 5.69. The molecule has 0 saturated carbocycles. The summed E-state index contributed by atoms with van der Waals surface area (Å²) in [5.41, 5.74) is 7.43. The Labute approximate surface area is 114 Å². The molecule has 0 aromatic heterocycles. The molecule has 1 aliphatic rings. The molecule has 19 heavy (non-hydrogen) atoms. The summed E-state index contributed by atoms with van der Waals surface area (Å²) < 4.78 is 28.2. The van der Waals surface area contributed by atoms with Gasteiger partial charge in [0.1, 0.15) is 15.6 Å². The average molecular weight is 284 g/mol. The maximum absolute atomic E-state index is 11.4. The average Bonchev–Trinajstić information content (AvgIpc) is 2.37. The first-order chi connectivity index (χ1) is 9.02. The Morgan fingerprint density at radius 3 is 2.68 bits per heavy atom. The van der Waals surface area contributed by atoms with Gasteiger partial charge < -0.3 is 15.8 Å². The van der Waals surface area contributed by atoms with Gasteiger partial charge in [-0.3, -0.25) is 0 Å². The highest BCUT2D eigenvalue weighted by Crippen LogP contribution is 2.31. The molecule has 1 aromatic carbocycles. The number of para-hydroxylation sites is 1. The largest absolute Gasteiger partial charge is 0.492 e. The summed E-state index contributed by atoms with van der Waals surface area (Å²) in [5.74, 6) is 1.15. The molecule has 106 valence electrons. The van der Waals surface area contributed by atoms with E-state index >= 15 is 0 Å². The van der Waals surface area contributed by atoms with E-state index in [9.17, 15) is 8.42 Å². The monoisotopic (exact) mass is 284 g/mol. The van der Waals surface area contributed by atoms with Gasteiger partial charge in [0, 0.05) is 6.04 Å². The number of nitrogen functional groups attached to an aromatic ring is 1. The van der Waals surface area contributed by atoms with Gasteiger partial charge in [-0.1, -0.05) is 6.07 Å². The quantitative estimate of drug-likeness (QED) is 0.822. The van der Waals surface area contributed by atoms with E-state index in [-0.39, 0.29) is 17.5 Å². The van der Waals surface area contributed by atoms with E-state index in [1.54, 1.807) is 0 Å². The highest BCUT2D eigenvalue weighted by Gasteiger charge is 2.23. The minimum absolute atomic E-state index is 0.155. The number of hydrogen-bond donors (Lipinski definition) is 2. The van der Waals surface area contributed by atoms with E-state index in [4.69, 9.17) is 10.5 Å². The van der Waals surface area contributed by atoms with Crippen LogP contribution in [-0.2, 0) is 9.84 Å². The third-order valence-electron chi connectivity index (χ3n) is 3.28. The molecule has 1 aromatic rings. The SMILES string of the molecule is CCOc1cccc(NC2CCS(=O)(=O)CC2)c1N. The molecule has 2 rings (SSSR count). The summed E-state index contributed by atoms with van der Waals surface area (Å²) in [6.07, 6.45) is 1.25. The lowest BCUT2D eigenvalue weighted by Gasteiger charge is -2.25. The predicted octanol–water partition coefficient (Wildman–Crippen LogP) is 1.66. The van der Waals surface area contributed by atoms with Crippen LogP contribution in [-0.4, -0.2) is 32.6 Å². The van der Waals surface area contributed by atoms with Gasteiger partial charge in [0.2, 0.25) is 0 Å². The number of rotatable bonds is 4. The van der Waals surface area contributed by atoms with Gasteiger partial charge >= 0.3 is 0 Å². The lowest BCUT2D eigenvalue weighted by atomic mass is 10.1. The zero-order valence-electron chi connectivity index (χ0n) is 11.1. The van der Waals surface area contributed by atoms with Gasteiger partial charge in [-0.25, -0.2) is 8.42 Å². The van der Waals surface area contributed by atoms with Gasteiger partial charge in [0.05, 0.1) is 29.5 Å². The van der Waals surface area contributed by atoms with Crippen LogP contribution in [0.15, 0.2) is 18.2 Å². The molecule has 0 radical (unpaired) electrons. The summed E-state index contributed by atoms with van der Waals surface area (Å²) in [6.45, 7) is 2.47. The summed E-state index contributed by atoms with van der Waals surface area (Å²) in [6, 6.07) is 5.75. The van der Waals surface area contributed by atoms with Crippen molar-refractivity contribution in [3.05, 3.63) is 18.2 Å². The van der Waals surface area contributed by atoms with Crippen molar-refractivity contribution in [2.75, 3.05) is 29.2 Å². The van der Waals surface area contributed by atoms with Crippen molar-refractivity contribution < 1.29 is 13.2 Å². The van der Waals surface area contributed by atoms with Crippen LogP contribution in [0.4, 0.5) is 11.4 Å². The molecular weight excluding hydrogens is 264 g/mol. The predicted molar refractivity (Wildman–Crippen MR) is 77.3 cm³/mol. The van der Waals surface area contributed by atoms with Crippen molar-refractivity contribution in [3.63, 3.8) is 0 Å². The Balaban J connectivity index is 2.05. The number of anilines is 2. The maximum Gasteiger partial charge on any atom is 0.150 e. The molecule has 0 unspecified atom stereocenters. The maximum atomic E-state index is 11.4. The molecule has 1 fully saturated rings. The van der Waals surface area contributed by atoms with Crippen LogP contribution in [0.2, 0.25) is 0 Å². The second-order valence-electron chi connectivity index (χ2n) is 4.72. The third-order valence-corrected chi connectivity index (χ3v) is 5.00. The van der Waals surface area contributed by atoms with Crippen LogP contribution in [0.1, 0.15) is 19.8 Å². The number of nitrogens with two attached hydrogens (primary N) is 1. The topological polar surface area (TPSA) is 81.4 Å². The summed E-state index contributed by atoms with van der Waals surface area (Å²) in [4.78, 5) is 0. The first-order valence-corrected chi connectivity index (χ1v) is 8.32. The molecule has 0 bridgehead atoms. The van der Waals surface area contributed by atoms with Crippen LogP contribution < -0.4 is 15.8 Å².